The van der Waals surface area contributed by atoms with Crippen LogP contribution in [0.25, 0.3) is 22.2 Å². The summed E-state index contributed by atoms with van der Waals surface area (Å²) < 4.78 is 0. The quantitative estimate of drug-likeness (QED) is 0.485. The lowest BCUT2D eigenvalue weighted by Crippen LogP contribution is -2.33. The van der Waals surface area contributed by atoms with Crippen molar-refractivity contribution in [1.29, 1.82) is 0 Å². The number of carbonyl (C=O) groups excluding carboxylic acids is 1. The maximum absolute atomic E-state index is 12.2. The molecule has 2 aromatic carbocycles. The Morgan fingerprint density at radius 1 is 1.00 bits per heavy atom. The van der Waals surface area contributed by atoms with Crippen LogP contribution in [0.2, 0.25) is 0 Å². The van der Waals surface area contributed by atoms with Gasteiger partial charge in [0.2, 0.25) is 0 Å². The second kappa shape index (κ2) is 6.53. The van der Waals surface area contributed by atoms with Crippen molar-refractivity contribution in [2.24, 2.45) is 0 Å². The fraction of sp³-hybridized carbons (Fsp3) is 0.130. The van der Waals surface area contributed by atoms with Gasteiger partial charge in [0, 0.05) is 40.5 Å². The van der Waals surface area contributed by atoms with Crippen LogP contribution in [-0.2, 0) is 0 Å². The molecule has 138 valence electrons. The first-order chi connectivity index (χ1) is 13.7. The summed E-state index contributed by atoms with van der Waals surface area (Å²) in [5.41, 5.74) is 5.52. The number of benzene rings is 2. The van der Waals surface area contributed by atoms with Crippen molar-refractivity contribution in [3.8, 4) is 11.3 Å². The number of hydrogen-bond donors (Lipinski definition) is 3. The highest BCUT2D eigenvalue weighted by molar-refractivity contribution is 6.00. The molecule has 2 aromatic heterocycles. The average Bonchev–Trinajstić information content (AvgIpc) is 3.18. The molecule has 0 fully saturated rings. The molecule has 0 spiro atoms. The number of rotatable bonds is 3. The first-order valence-electron chi connectivity index (χ1n) is 9.42. The molecule has 1 aliphatic heterocycles. The Morgan fingerprint density at radius 3 is 2.68 bits per heavy atom. The van der Waals surface area contributed by atoms with Crippen LogP contribution in [0, 0.1) is 0 Å². The summed E-state index contributed by atoms with van der Waals surface area (Å²) in [7, 11) is 0. The summed E-state index contributed by atoms with van der Waals surface area (Å²) in [6, 6.07) is 22.1. The van der Waals surface area contributed by atoms with Crippen molar-refractivity contribution >= 4 is 28.3 Å². The first-order valence-corrected chi connectivity index (χ1v) is 9.42. The monoisotopic (exact) mass is 368 g/mol. The smallest absolute Gasteiger partial charge is 0.253 e. The summed E-state index contributed by atoms with van der Waals surface area (Å²) in [6.45, 7) is 2.77. The van der Waals surface area contributed by atoms with Gasteiger partial charge in [0.05, 0.1) is 11.1 Å². The van der Waals surface area contributed by atoms with Crippen LogP contribution < -0.4 is 10.6 Å². The third-order valence-corrected chi connectivity index (χ3v) is 5.21. The van der Waals surface area contributed by atoms with E-state index in [0.29, 0.717) is 6.54 Å². The number of H-pyrrole nitrogens is 1. The van der Waals surface area contributed by atoms with Gasteiger partial charge in [-0.15, -0.1) is 0 Å². The van der Waals surface area contributed by atoms with Crippen LogP contribution in [0.5, 0.6) is 0 Å². The maximum Gasteiger partial charge on any atom is 0.253 e. The largest absolute Gasteiger partial charge is 0.357 e. The maximum atomic E-state index is 12.2. The van der Waals surface area contributed by atoms with Crippen molar-refractivity contribution in [3.63, 3.8) is 0 Å². The number of fused-ring (bicyclic) bond motifs is 2. The van der Waals surface area contributed by atoms with Crippen LogP contribution in [0.3, 0.4) is 0 Å². The Morgan fingerprint density at radius 2 is 1.86 bits per heavy atom. The number of amides is 1. The Kier molecular flexibility index (Phi) is 3.86. The van der Waals surface area contributed by atoms with E-state index in [-0.39, 0.29) is 11.8 Å². The lowest BCUT2D eigenvalue weighted by Gasteiger charge is -2.18. The first kappa shape index (κ1) is 16.6. The lowest BCUT2D eigenvalue weighted by molar-refractivity contribution is 0.0941. The topological polar surface area (TPSA) is 69.8 Å². The number of nitrogens with zero attached hydrogens (tertiary/aromatic N) is 1. The zero-order valence-electron chi connectivity index (χ0n) is 15.5. The minimum Gasteiger partial charge on any atom is -0.357 e. The van der Waals surface area contributed by atoms with E-state index < -0.39 is 0 Å². The highest BCUT2D eigenvalue weighted by Crippen LogP contribution is 2.33. The molecule has 5 heteroatoms. The van der Waals surface area contributed by atoms with E-state index in [2.05, 4.69) is 34.7 Å². The molecule has 1 amide bonds. The number of aromatic nitrogens is 2. The standard InChI is InChI=1S/C23H20N4O/c1-14-13-24-23(28)18-12-19(26-21(14)18)17-9-5-6-15-10-11-20(27-22(15)17)25-16-7-3-2-4-8-16/h2-12,14,26H,13H2,1H3,(H,24,28)(H,25,27)/t14-/m0/s1. The molecular formula is C23H20N4O. The van der Waals surface area contributed by atoms with Crippen molar-refractivity contribution in [1.82, 2.24) is 15.3 Å². The molecule has 1 aliphatic rings. The second-order valence-electron chi connectivity index (χ2n) is 7.19. The van der Waals surface area contributed by atoms with Crippen molar-refractivity contribution in [3.05, 3.63) is 78.0 Å². The Balaban J connectivity index is 1.61. The predicted octanol–water partition coefficient (Wildman–Crippen LogP) is 4.82. The number of anilines is 2. The fourth-order valence-corrected chi connectivity index (χ4v) is 3.74. The molecule has 0 bridgehead atoms. The minimum absolute atomic E-state index is 0.0183. The summed E-state index contributed by atoms with van der Waals surface area (Å²) in [5.74, 6) is 1.03. The molecule has 28 heavy (non-hydrogen) atoms. The predicted molar refractivity (Wildman–Crippen MR) is 112 cm³/mol. The van der Waals surface area contributed by atoms with Gasteiger partial charge < -0.3 is 15.6 Å². The van der Waals surface area contributed by atoms with E-state index in [1.165, 1.54) is 0 Å². The van der Waals surface area contributed by atoms with E-state index in [1.807, 2.05) is 54.6 Å². The third-order valence-electron chi connectivity index (χ3n) is 5.21. The normalized spacial score (nSPS) is 15.9. The van der Waals surface area contributed by atoms with Crippen LogP contribution in [0.1, 0.15) is 28.9 Å². The van der Waals surface area contributed by atoms with Crippen LogP contribution in [-0.4, -0.2) is 22.4 Å². The van der Waals surface area contributed by atoms with Crippen molar-refractivity contribution < 1.29 is 4.79 Å². The van der Waals surface area contributed by atoms with Gasteiger partial charge in [-0.3, -0.25) is 4.79 Å². The van der Waals surface area contributed by atoms with Crippen molar-refractivity contribution in [2.45, 2.75) is 12.8 Å². The lowest BCUT2D eigenvalue weighted by atomic mass is 9.99. The van der Waals surface area contributed by atoms with Crippen LogP contribution in [0.15, 0.2) is 66.7 Å². The number of nitrogens with one attached hydrogen (secondary N) is 3. The van der Waals surface area contributed by atoms with Gasteiger partial charge in [-0.05, 0) is 30.3 Å². The molecule has 5 nitrogen and oxygen atoms in total. The van der Waals surface area contributed by atoms with Gasteiger partial charge in [-0.25, -0.2) is 4.98 Å². The zero-order valence-corrected chi connectivity index (χ0v) is 15.5. The molecule has 5 rings (SSSR count). The van der Waals surface area contributed by atoms with E-state index >= 15 is 0 Å². The van der Waals surface area contributed by atoms with E-state index in [9.17, 15) is 4.79 Å². The summed E-state index contributed by atoms with van der Waals surface area (Å²) >= 11 is 0. The molecule has 0 unspecified atom stereocenters. The Hall–Kier alpha value is -3.60. The van der Waals surface area contributed by atoms with E-state index in [1.54, 1.807) is 0 Å². The average molecular weight is 368 g/mol. The number of para-hydroxylation sites is 2. The minimum atomic E-state index is -0.0183. The molecule has 0 saturated heterocycles. The summed E-state index contributed by atoms with van der Waals surface area (Å²) in [5, 5.41) is 7.35. The van der Waals surface area contributed by atoms with Gasteiger partial charge in [-0.1, -0.05) is 43.3 Å². The Labute approximate surface area is 162 Å². The SMILES string of the molecule is C[C@H]1CNC(=O)c2cc(-c3cccc4ccc(Nc5ccccc5)nc34)[nH]c21. The molecule has 0 aliphatic carbocycles. The number of aromatic amines is 1. The summed E-state index contributed by atoms with van der Waals surface area (Å²) in [6.07, 6.45) is 0. The molecule has 0 saturated carbocycles. The summed E-state index contributed by atoms with van der Waals surface area (Å²) in [4.78, 5) is 20.6. The van der Waals surface area contributed by atoms with Crippen LogP contribution in [0.4, 0.5) is 11.5 Å². The molecule has 1 atom stereocenters. The highest BCUT2D eigenvalue weighted by atomic mass is 16.1. The second-order valence-corrected chi connectivity index (χ2v) is 7.19. The van der Waals surface area contributed by atoms with Crippen LogP contribution >= 0.6 is 0 Å². The van der Waals surface area contributed by atoms with E-state index in [4.69, 9.17) is 4.98 Å². The van der Waals surface area contributed by atoms with Gasteiger partial charge >= 0.3 is 0 Å². The number of pyridine rings is 1. The van der Waals surface area contributed by atoms with Crippen molar-refractivity contribution in [2.75, 3.05) is 11.9 Å². The number of carbonyl (C=O) groups is 1. The van der Waals surface area contributed by atoms with Gasteiger partial charge in [0.1, 0.15) is 5.82 Å². The number of hydrogen-bond acceptors (Lipinski definition) is 3. The molecule has 3 heterocycles. The van der Waals surface area contributed by atoms with Gasteiger partial charge in [-0.2, -0.15) is 0 Å². The zero-order chi connectivity index (χ0) is 19.1. The van der Waals surface area contributed by atoms with Gasteiger partial charge in [0.25, 0.3) is 5.91 Å². The fourth-order valence-electron chi connectivity index (χ4n) is 3.74. The molecule has 0 radical (unpaired) electrons. The van der Waals surface area contributed by atoms with E-state index in [0.717, 1.165) is 44.9 Å². The molecular weight excluding hydrogens is 348 g/mol. The Bertz CT molecular complexity index is 1180. The molecule has 4 aromatic rings. The highest BCUT2D eigenvalue weighted by Gasteiger charge is 2.25. The third kappa shape index (κ3) is 2.81. The molecule has 3 N–H and O–H groups in total. The van der Waals surface area contributed by atoms with Gasteiger partial charge in [0.15, 0.2) is 0 Å².